The second kappa shape index (κ2) is 16.9. The van der Waals surface area contributed by atoms with Gasteiger partial charge < -0.3 is 40.2 Å². The van der Waals surface area contributed by atoms with Crippen molar-refractivity contribution in [2.24, 2.45) is 11.8 Å². The van der Waals surface area contributed by atoms with Crippen LogP contribution in [0.1, 0.15) is 25.8 Å². The van der Waals surface area contributed by atoms with Gasteiger partial charge >= 0.3 is 6.09 Å². The number of nitrogens with one attached hydrogen (secondary N) is 1. The highest BCUT2D eigenvalue weighted by Gasteiger charge is 2.44. The first-order chi connectivity index (χ1) is 20.5. The summed E-state index contributed by atoms with van der Waals surface area (Å²) in [6, 6.07) is 14.5. The SMILES string of the molecule is CC(C)CN(C[C@@H](O)[C@H](Cc1ccccc1)NC(=O)O[C@H]1CO[C@H]2OCC[C@H]21)S(=O)(=O)c1ccc(N)cc1.COCCO. The Labute approximate surface area is 254 Å². The number of ether oxygens (including phenoxy) is 4. The van der Waals surface area contributed by atoms with Crippen LogP contribution in [-0.2, 0) is 35.4 Å². The fraction of sp³-hybridized carbons (Fsp3) is 0.567. The molecule has 240 valence electrons. The quantitative estimate of drug-likeness (QED) is 0.242. The number of hydrogen-bond donors (Lipinski definition) is 4. The number of anilines is 1. The molecule has 2 saturated heterocycles. The van der Waals surface area contributed by atoms with Crippen LogP contribution in [0.2, 0.25) is 0 Å². The van der Waals surface area contributed by atoms with Gasteiger partial charge in [0.15, 0.2) is 6.29 Å². The highest BCUT2D eigenvalue weighted by molar-refractivity contribution is 7.89. The van der Waals surface area contributed by atoms with Gasteiger partial charge in [-0.15, -0.1) is 0 Å². The Morgan fingerprint density at radius 3 is 2.42 bits per heavy atom. The van der Waals surface area contributed by atoms with Crippen molar-refractivity contribution >= 4 is 21.8 Å². The number of alkyl carbamates (subject to hydrolysis) is 1. The van der Waals surface area contributed by atoms with E-state index in [1.807, 2.05) is 44.2 Å². The molecule has 4 rings (SSSR count). The van der Waals surface area contributed by atoms with Crippen LogP contribution in [0.3, 0.4) is 0 Å². The number of methoxy groups -OCH3 is 1. The summed E-state index contributed by atoms with van der Waals surface area (Å²) in [5.74, 6) is -0.0231. The third-order valence-corrected chi connectivity index (χ3v) is 8.93. The molecule has 2 aliphatic rings. The van der Waals surface area contributed by atoms with Crippen molar-refractivity contribution < 1.29 is 42.4 Å². The first-order valence-corrected chi connectivity index (χ1v) is 15.9. The third kappa shape index (κ3) is 10.4. The molecule has 2 aromatic rings. The lowest BCUT2D eigenvalue weighted by Crippen LogP contribution is -2.51. The lowest BCUT2D eigenvalue weighted by molar-refractivity contribution is -0.0907. The van der Waals surface area contributed by atoms with Crippen LogP contribution in [0.5, 0.6) is 0 Å². The molecule has 2 aromatic carbocycles. The molecule has 1 amide bonds. The lowest BCUT2D eigenvalue weighted by atomic mass is 10.0. The van der Waals surface area contributed by atoms with E-state index < -0.39 is 34.4 Å². The van der Waals surface area contributed by atoms with E-state index in [0.29, 0.717) is 18.9 Å². The van der Waals surface area contributed by atoms with Crippen molar-refractivity contribution in [1.82, 2.24) is 9.62 Å². The molecule has 0 spiro atoms. The summed E-state index contributed by atoms with van der Waals surface area (Å²) in [7, 11) is -2.38. The zero-order chi connectivity index (χ0) is 31.4. The summed E-state index contributed by atoms with van der Waals surface area (Å²) in [6.07, 6.45) is -1.69. The maximum atomic E-state index is 13.5. The van der Waals surface area contributed by atoms with Gasteiger partial charge in [0, 0.05) is 25.9 Å². The number of carbonyl (C=O) groups is 1. The van der Waals surface area contributed by atoms with Crippen molar-refractivity contribution in [3.05, 3.63) is 60.2 Å². The van der Waals surface area contributed by atoms with Gasteiger partial charge in [0.05, 0.1) is 49.4 Å². The number of aliphatic hydroxyl groups excluding tert-OH is 2. The Balaban J connectivity index is 0.000000934. The molecule has 43 heavy (non-hydrogen) atoms. The van der Waals surface area contributed by atoms with Gasteiger partial charge in [-0.25, -0.2) is 13.2 Å². The molecule has 0 aliphatic carbocycles. The fourth-order valence-corrected chi connectivity index (χ4v) is 6.54. The number of amides is 1. The van der Waals surface area contributed by atoms with Gasteiger partial charge in [-0.2, -0.15) is 4.31 Å². The van der Waals surface area contributed by atoms with Crippen molar-refractivity contribution in [2.75, 3.05) is 52.4 Å². The van der Waals surface area contributed by atoms with E-state index in [1.165, 1.54) is 28.6 Å². The summed E-state index contributed by atoms with van der Waals surface area (Å²) >= 11 is 0. The van der Waals surface area contributed by atoms with E-state index in [-0.39, 0.29) is 55.7 Å². The summed E-state index contributed by atoms with van der Waals surface area (Å²) in [5, 5.41) is 22.1. The van der Waals surface area contributed by atoms with Gasteiger partial charge in [0.25, 0.3) is 0 Å². The number of rotatable bonds is 13. The van der Waals surface area contributed by atoms with Crippen LogP contribution in [0.25, 0.3) is 0 Å². The minimum absolute atomic E-state index is 0.000183. The van der Waals surface area contributed by atoms with E-state index >= 15 is 0 Å². The van der Waals surface area contributed by atoms with Crippen LogP contribution < -0.4 is 11.1 Å². The molecule has 0 unspecified atom stereocenters. The first-order valence-electron chi connectivity index (χ1n) is 14.4. The van der Waals surface area contributed by atoms with Crippen LogP contribution in [-0.4, -0.2) is 100 Å². The number of benzene rings is 2. The van der Waals surface area contributed by atoms with E-state index in [2.05, 4.69) is 10.1 Å². The first kappa shape index (κ1) is 34.7. The summed E-state index contributed by atoms with van der Waals surface area (Å²) in [4.78, 5) is 13.0. The molecule has 0 bridgehead atoms. The molecule has 2 heterocycles. The van der Waals surface area contributed by atoms with Gasteiger partial charge in [-0.05, 0) is 48.6 Å². The molecular weight excluding hydrogens is 578 g/mol. The standard InChI is InChI=1S/C27H37N3O7S.C3H8O2/c1-18(2)15-30(38(33,34)21-10-8-20(28)9-11-21)16-24(31)23(14-19-6-4-3-5-7-19)29-27(32)37-25-17-36-26-22(25)12-13-35-26;1-5-3-2-4/h3-11,18,22-26,31H,12-17,28H2,1-2H3,(H,29,32);4H,2-3H2,1H3/t22-,23-,24+,25-,26+;/m0./s1. The number of aliphatic hydroxyl groups is 2. The third-order valence-electron chi connectivity index (χ3n) is 7.08. The number of nitrogen functional groups attached to an aromatic ring is 1. The van der Waals surface area contributed by atoms with Crippen LogP contribution in [0.15, 0.2) is 59.5 Å². The molecule has 2 aliphatic heterocycles. The second-order valence-electron chi connectivity index (χ2n) is 11.0. The van der Waals surface area contributed by atoms with E-state index in [9.17, 15) is 18.3 Å². The second-order valence-corrected chi connectivity index (χ2v) is 12.9. The maximum Gasteiger partial charge on any atom is 0.407 e. The Bertz CT molecular complexity index is 1210. The number of hydrogen-bond acceptors (Lipinski definition) is 10. The zero-order valence-electron chi connectivity index (χ0n) is 25.0. The number of sulfonamides is 1. The summed E-state index contributed by atoms with van der Waals surface area (Å²) in [6.45, 7) is 5.15. The topological polar surface area (TPSA) is 170 Å². The number of carbonyl (C=O) groups excluding carboxylic acids is 1. The normalized spacial score (nSPS) is 21.1. The largest absolute Gasteiger partial charge is 0.443 e. The molecule has 0 saturated carbocycles. The van der Waals surface area contributed by atoms with Crippen LogP contribution >= 0.6 is 0 Å². The zero-order valence-corrected chi connectivity index (χ0v) is 25.8. The Hall–Kier alpha value is -2.78. The smallest absolute Gasteiger partial charge is 0.407 e. The van der Waals surface area contributed by atoms with Gasteiger partial charge in [-0.3, -0.25) is 0 Å². The van der Waals surface area contributed by atoms with E-state index in [4.69, 9.17) is 25.1 Å². The highest BCUT2D eigenvalue weighted by atomic mass is 32.2. The average molecular weight is 624 g/mol. The minimum atomic E-state index is -3.93. The van der Waals surface area contributed by atoms with E-state index in [1.54, 1.807) is 7.11 Å². The predicted octanol–water partition coefficient (Wildman–Crippen LogP) is 2.00. The number of fused-ring (bicyclic) bond motifs is 1. The number of nitrogens with zero attached hydrogens (tertiary/aromatic N) is 1. The molecule has 5 atom stereocenters. The van der Waals surface area contributed by atoms with Crippen LogP contribution in [0.4, 0.5) is 10.5 Å². The van der Waals surface area contributed by atoms with Crippen molar-refractivity contribution in [1.29, 1.82) is 0 Å². The Morgan fingerprint density at radius 2 is 1.81 bits per heavy atom. The highest BCUT2D eigenvalue weighted by Crippen LogP contribution is 2.33. The molecule has 5 N–H and O–H groups in total. The molecular formula is C30H45N3O9S. The summed E-state index contributed by atoms with van der Waals surface area (Å²) in [5.41, 5.74) is 7.07. The monoisotopic (exact) mass is 623 g/mol. The Morgan fingerprint density at radius 1 is 1.12 bits per heavy atom. The Kier molecular flexibility index (Phi) is 13.6. The minimum Gasteiger partial charge on any atom is -0.443 e. The van der Waals surface area contributed by atoms with Gasteiger partial charge in [-0.1, -0.05) is 44.2 Å². The predicted molar refractivity (Wildman–Crippen MR) is 161 cm³/mol. The average Bonchev–Trinajstić information content (AvgIpc) is 3.59. The molecule has 0 aromatic heterocycles. The van der Waals surface area contributed by atoms with E-state index in [0.717, 1.165) is 12.0 Å². The van der Waals surface area contributed by atoms with Crippen molar-refractivity contribution in [3.63, 3.8) is 0 Å². The van der Waals surface area contributed by atoms with Gasteiger partial charge in [0.1, 0.15) is 6.10 Å². The molecule has 13 heteroatoms. The maximum absolute atomic E-state index is 13.5. The van der Waals surface area contributed by atoms with Gasteiger partial charge in [0.2, 0.25) is 10.0 Å². The van der Waals surface area contributed by atoms with Crippen molar-refractivity contribution in [2.45, 2.75) is 56.1 Å². The molecule has 12 nitrogen and oxygen atoms in total. The number of nitrogens with two attached hydrogens (primary N) is 1. The van der Waals surface area contributed by atoms with Crippen LogP contribution in [0, 0.1) is 11.8 Å². The lowest BCUT2D eigenvalue weighted by Gasteiger charge is -2.31. The molecule has 0 radical (unpaired) electrons. The van der Waals surface area contributed by atoms with Crippen molar-refractivity contribution in [3.8, 4) is 0 Å². The summed E-state index contributed by atoms with van der Waals surface area (Å²) < 4.78 is 49.4. The fourth-order valence-electron chi connectivity index (χ4n) is 4.92. The molecule has 2 fully saturated rings.